The Morgan fingerprint density at radius 3 is 2.50 bits per heavy atom. The Morgan fingerprint density at radius 2 is 1.92 bits per heavy atom. The van der Waals surface area contributed by atoms with E-state index in [1.807, 2.05) is 45.9 Å². The third-order valence-corrected chi connectivity index (χ3v) is 4.96. The zero-order chi connectivity index (χ0) is 17.7. The van der Waals surface area contributed by atoms with Gasteiger partial charge in [-0.15, -0.1) is 0 Å². The summed E-state index contributed by atoms with van der Waals surface area (Å²) in [6.07, 6.45) is -0.899. The molecule has 1 aromatic rings. The molecule has 1 fully saturated rings. The van der Waals surface area contributed by atoms with Crippen molar-refractivity contribution in [1.29, 1.82) is 0 Å². The smallest absolute Gasteiger partial charge is 0.465 e. The van der Waals surface area contributed by atoms with Crippen molar-refractivity contribution in [1.82, 2.24) is 5.32 Å². The number of carboxylic acid groups (broad SMARTS) is 1. The van der Waals surface area contributed by atoms with Crippen LogP contribution in [0.25, 0.3) is 0 Å². The number of amides is 2. The number of hydrogen-bond acceptors (Lipinski definition) is 4. The number of nitrogens with one attached hydrogen (secondary N) is 2. The van der Waals surface area contributed by atoms with Gasteiger partial charge in [-0.05, 0) is 44.8 Å². The lowest BCUT2D eigenvalue weighted by Gasteiger charge is -2.32. The van der Waals surface area contributed by atoms with E-state index >= 15 is 0 Å². The van der Waals surface area contributed by atoms with Gasteiger partial charge in [0.1, 0.15) is 6.04 Å². The van der Waals surface area contributed by atoms with Crippen molar-refractivity contribution in [3.63, 3.8) is 0 Å². The van der Waals surface area contributed by atoms with Crippen LogP contribution in [-0.2, 0) is 20.5 Å². The lowest BCUT2D eigenvalue weighted by atomic mass is 9.77. The molecule has 2 aliphatic rings. The highest BCUT2D eigenvalue weighted by Crippen LogP contribution is 2.36. The van der Waals surface area contributed by atoms with Crippen molar-refractivity contribution in [3.05, 3.63) is 23.8 Å². The molecule has 0 saturated carbocycles. The molecule has 2 aliphatic heterocycles. The van der Waals surface area contributed by atoms with E-state index in [4.69, 9.17) is 14.4 Å². The van der Waals surface area contributed by atoms with Crippen LogP contribution in [0.1, 0.15) is 33.3 Å². The largest absolute Gasteiger partial charge is 0.494 e. The van der Waals surface area contributed by atoms with Crippen LogP contribution in [0.3, 0.4) is 0 Å². The minimum Gasteiger partial charge on any atom is -0.465 e. The second-order valence-corrected chi connectivity index (χ2v) is 7.20. The molecular formula is C16H21BN2O5. The minimum absolute atomic E-state index is 0.317. The van der Waals surface area contributed by atoms with Crippen LogP contribution in [0, 0.1) is 0 Å². The molecule has 1 atom stereocenters. The van der Waals surface area contributed by atoms with Crippen molar-refractivity contribution in [2.45, 2.75) is 51.4 Å². The summed E-state index contributed by atoms with van der Waals surface area (Å²) in [5, 5.41) is 13.8. The summed E-state index contributed by atoms with van der Waals surface area (Å²) in [5.41, 5.74) is 1.47. The maximum Gasteiger partial charge on any atom is 0.494 e. The number of benzene rings is 1. The first-order valence-electron chi connectivity index (χ1n) is 7.88. The summed E-state index contributed by atoms with van der Waals surface area (Å²) >= 11 is 0. The summed E-state index contributed by atoms with van der Waals surface area (Å²) in [5.74, 6) is -0.365. The molecule has 8 heteroatoms. The highest BCUT2D eigenvalue weighted by atomic mass is 16.7. The highest BCUT2D eigenvalue weighted by Gasteiger charge is 2.51. The predicted octanol–water partition coefficient (Wildman–Crippen LogP) is 1.12. The SMILES string of the molecule is CC1(C)OB(c2ccc3c(c2)NC(=O)C(NC(=O)O)C3)OC1(C)C. The minimum atomic E-state index is -1.22. The van der Waals surface area contributed by atoms with Gasteiger partial charge in [-0.1, -0.05) is 12.1 Å². The first kappa shape index (κ1) is 16.8. The number of carbonyl (C=O) groups is 2. The van der Waals surface area contributed by atoms with Gasteiger partial charge in [0.15, 0.2) is 0 Å². The number of carbonyl (C=O) groups excluding carboxylic acids is 1. The van der Waals surface area contributed by atoms with E-state index in [0.29, 0.717) is 12.1 Å². The highest BCUT2D eigenvalue weighted by molar-refractivity contribution is 6.62. The molecule has 2 amide bonds. The van der Waals surface area contributed by atoms with Crippen LogP contribution in [0.5, 0.6) is 0 Å². The van der Waals surface area contributed by atoms with E-state index in [2.05, 4.69) is 10.6 Å². The van der Waals surface area contributed by atoms with Crippen molar-refractivity contribution in [3.8, 4) is 0 Å². The summed E-state index contributed by atoms with van der Waals surface area (Å²) < 4.78 is 12.0. The van der Waals surface area contributed by atoms with Crippen molar-refractivity contribution in [2.75, 3.05) is 5.32 Å². The van der Waals surface area contributed by atoms with Gasteiger partial charge in [0.25, 0.3) is 0 Å². The summed E-state index contributed by atoms with van der Waals surface area (Å²) in [4.78, 5) is 22.8. The Bertz CT molecular complexity index is 688. The Balaban J connectivity index is 1.83. The second-order valence-electron chi connectivity index (χ2n) is 7.20. The maximum atomic E-state index is 12.0. The van der Waals surface area contributed by atoms with Crippen molar-refractivity contribution in [2.24, 2.45) is 0 Å². The third kappa shape index (κ3) is 2.87. The van der Waals surface area contributed by atoms with E-state index in [1.165, 1.54) is 0 Å². The van der Waals surface area contributed by atoms with E-state index in [0.717, 1.165) is 11.0 Å². The van der Waals surface area contributed by atoms with Crippen molar-refractivity contribution >= 4 is 30.3 Å². The first-order valence-corrected chi connectivity index (χ1v) is 7.88. The molecule has 0 radical (unpaired) electrons. The first-order chi connectivity index (χ1) is 11.1. The van der Waals surface area contributed by atoms with Crippen LogP contribution in [0.2, 0.25) is 0 Å². The van der Waals surface area contributed by atoms with E-state index in [9.17, 15) is 9.59 Å². The van der Waals surface area contributed by atoms with Crippen LogP contribution in [-0.4, -0.2) is 41.5 Å². The van der Waals surface area contributed by atoms with E-state index in [1.54, 1.807) is 0 Å². The fourth-order valence-corrected chi connectivity index (χ4v) is 2.81. The molecule has 1 saturated heterocycles. The van der Waals surface area contributed by atoms with E-state index < -0.39 is 30.5 Å². The van der Waals surface area contributed by atoms with Crippen LogP contribution in [0.15, 0.2) is 18.2 Å². The van der Waals surface area contributed by atoms with Crippen LogP contribution in [0.4, 0.5) is 10.5 Å². The monoisotopic (exact) mass is 332 g/mol. The third-order valence-electron chi connectivity index (χ3n) is 4.96. The molecule has 2 heterocycles. The van der Waals surface area contributed by atoms with Gasteiger partial charge in [0.2, 0.25) is 5.91 Å². The molecular weight excluding hydrogens is 311 g/mol. The fraction of sp³-hybridized carbons (Fsp3) is 0.500. The Morgan fingerprint density at radius 1 is 1.29 bits per heavy atom. The average molecular weight is 332 g/mol. The maximum absolute atomic E-state index is 12.0. The Labute approximate surface area is 140 Å². The molecule has 0 spiro atoms. The molecule has 24 heavy (non-hydrogen) atoms. The summed E-state index contributed by atoms with van der Waals surface area (Å²) in [7, 11) is -0.507. The van der Waals surface area contributed by atoms with Gasteiger partial charge in [0.05, 0.1) is 11.2 Å². The van der Waals surface area contributed by atoms with Gasteiger partial charge < -0.3 is 25.0 Å². The van der Waals surface area contributed by atoms with Gasteiger partial charge in [-0.25, -0.2) is 4.79 Å². The molecule has 3 rings (SSSR count). The average Bonchev–Trinajstić information content (AvgIpc) is 2.67. The molecule has 0 aromatic heterocycles. The van der Waals surface area contributed by atoms with Gasteiger partial charge in [0, 0.05) is 12.1 Å². The molecule has 0 aliphatic carbocycles. The molecule has 1 aromatic carbocycles. The molecule has 1 unspecified atom stereocenters. The second kappa shape index (κ2) is 5.49. The summed E-state index contributed by atoms with van der Waals surface area (Å²) in [6.45, 7) is 7.93. The fourth-order valence-electron chi connectivity index (χ4n) is 2.81. The van der Waals surface area contributed by atoms with E-state index in [-0.39, 0.29) is 5.91 Å². The predicted molar refractivity (Wildman–Crippen MR) is 89.4 cm³/mol. The lowest BCUT2D eigenvalue weighted by Crippen LogP contribution is -2.47. The number of rotatable bonds is 2. The zero-order valence-electron chi connectivity index (χ0n) is 14.2. The normalized spacial score (nSPS) is 24.2. The molecule has 0 bridgehead atoms. The van der Waals surface area contributed by atoms with Crippen LogP contribution < -0.4 is 16.1 Å². The lowest BCUT2D eigenvalue weighted by molar-refractivity contribution is -0.118. The van der Waals surface area contributed by atoms with Gasteiger partial charge in [-0.3, -0.25) is 4.79 Å². The molecule has 7 nitrogen and oxygen atoms in total. The Hall–Kier alpha value is -2.06. The van der Waals surface area contributed by atoms with Crippen LogP contribution >= 0.6 is 0 Å². The van der Waals surface area contributed by atoms with Gasteiger partial charge >= 0.3 is 13.2 Å². The summed E-state index contributed by atoms with van der Waals surface area (Å²) in [6, 6.07) is 4.80. The van der Waals surface area contributed by atoms with Crippen molar-refractivity contribution < 1.29 is 24.0 Å². The number of fused-ring (bicyclic) bond motifs is 1. The quantitative estimate of drug-likeness (QED) is 0.705. The molecule has 3 N–H and O–H groups in total. The van der Waals surface area contributed by atoms with Gasteiger partial charge in [-0.2, -0.15) is 0 Å². The standard InChI is InChI=1S/C16H21BN2O5/c1-15(2)16(3,4)24-17(23-15)10-6-5-9-7-12(19-14(21)22)13(20)18-11(9)8-10/h5-6,8,12,19H,7H2,1-4H3,(H,18,20)(H,21,22). The zero-order valence-corrected chi connectivity index (χ0v) is 14.2. The molecule has 128 valence electrons. The number of hydrogen-bond donors (Lipinski definition) is 3. The number of anilines is 1. The topological polar surface area (TPSA) is 96.9 Å². The Kier molecular flexibility index (Phi) is 3.84.